The summed E-state index contributed by atoms with van der Waals surface area (Å²) < 4.78 is 26.5. The summed E-state index contributed by atoms with van der Waals surface area (Å²) in [5.74, 6) is -0.969. The van der Waals surface area contributed by atoms with Crippen LogP contribution in [0.25, 0.3) is 10.8 Å². The standard InChI is InChI=1S/C27H26N2O4S/c1-28(2)25-14-6-12-23-22(25)11-7-15-26(23)29(34(32)33)24-13-4-3-9-20(24)17-16-19-8-5-10-21(18-19)27(30)31/h3-15,18H,16-17H2,1-2H3,(H,30,31)(H,32,33)/p-1. The van der Waals surface area contributed by atoms with Crippen molar-refractivity contribution in [3.63, 3.8) is 0 Å². The molecule has 4 rings (SSSR count). The van der Waals surface area contributed by atoms with Crippen molar-refractivity contribution in [2.45, 2.75) is 12.8 Å². The van der Waals surface area contributed by atoms with E-state index in [0.717, 1.165) is 27.6 Å². The summed E-state index contributed by atoms with van der Waals surface area (Å²) in [7, 11) is 3.92. The monoisotopic (exact) mass is 473 g/mol. The first-order valence-electron chi connectivity index (χ1n) is 10.9. The van der Waals surface area contributed by atoms with Gasteiger partial charge in [-0.1, -0.05) is 54.6 Å². The maximum Gasteiger partial charge on any atom is 0.335 e. The second kappa shape index (κ2) is 10.1. The summed E-state index contributed by atoms with van der Waals surface area (Å²) >= 11 is -2.55. The largest absolute Gasteiger partial charge is 0.755 e. The lowest BCUT2D eigenvalue weighted by Gasteiger charge is -2.30. The van der Waals surface area contributed by atoms with Crippen molar-refractivity contribution in [1.82, 2.24) is 0 Å². The molecule has 4 aromatic rings. The molecule has 0 aliphatic carbocycles. The molecule has 1 N–H and O–H groups in total. The fourth-order valence-corrected chi connectivity index (χ4v) is 4.85. The van der Waals surface area contributed by atoms with Crippen molar-refractivity contribution in [1.29, 1.82) is 0 Å². The topological polar surface area (TPSA) is 83.9 Å². The molecule has 174 valence electrons. The molecule has 0 aliphatic heterocycles. The number of aromatic carboxylic acids is 1. The van der Waals surface area contributed by atoms with Gasteiger partial charge in [-0.2, -0.15) is 0 Å². The average molecular weight is 474 g/mol. The summed E-state index contributed by atoms with van der Waals surface area (Å²) in [5.41, 5.74) is 4.13. The van der Waals surface area contributed by atoms with Crippen LogP contribution in [0.15, 0.2) is 84.9 Å². The van der Waals surface area contributed by atoms with Gasteiger partial charge in [-0.3, -0.25) is 8.51 Å². The van der Waals surface area contributed by atoms with Crippen molar-refractivity contribution in [3.8, 4) is 0 Å². The van der Waals surface area contributed by atoms with E-state index in [2.05, 4.69) is 0 Å². The maximum absolute atomic E-state index is 12.6. The van der Waals surface area contributed by atoms with Crippen LogP contribution in [0.2, 0.25) is 0 Å². The molecule has 1 unspecified atom stereocenters. The molecular weight excluding hydrogens is 448 g/mol. The molecule has 0 aliphatic rings. The van der Waals surface area contributed by atoms with E-state index in [1.165, 1.54) is 4.31 Å². The molecule has 0 radical (unpaired) electrons. The molecule has 7 heteroatoms. The summed E-state index contributed by atoms with van der Waals surface area (Å²) in [6.45, 7) is 0. The minimum atomic E-state index is -2.55. The number of carboxylic acid groups (broad SMARTS) is 1. The van der Waals surface area contributed by atoms with E-state index in [1.54, 1.807) is 24.3 Å². The van der Waals surface area contributed by atoms with Crippen molar-refractivity contribution < 1.29 is 18.7 Å². The predicted molar refractivity (Wildman–Crippen MR) is 137 cm³/mol. The van der Waals surface area contributed by atoms with Crippen LogP contribution in [-0.4, -0.2) is 33.9 Å². The second-order valence-electron chi connectivity index (χ2n) is 8.19. The van der Waals surface area contributed by atoms with E-state index in [0.29, 0.717) is 24.2 Å². The Morgan fingerprint density at radius 3 is 2.12 bits per heavy atom. The Morgan fingerprint density at radius 2 is 1.44 bits per heavy atom. The number of benzene rings is 4. The van der Waals surface area contributed by atoms with E-state index in [4.69, 9.17) is 0 Å². The van der Waals surface area contributed by atoms with Gasteiger partial charge in [0.15, 0.2) is 0 Å². The third kappa shape index (κ3) is 4.81. The minimum Gasteiger partial charge on any atom is -0.755 e. The highest BCUT2D eigenvalue weighted by molar-refractivity contribution is 7.81. The average Bonchev–Trinajstić information content (AvgIpc) is 2.83. The molecule has 1 atom stereocenters. The van der Waals surface area contributed by atoms with Crippen LogP contribution < -0.4 is 9.21 Å². The van der Waals surface area contributed by atoms with Crippen LogP contribution in [0.1, 0.15) is 21.5 Å². The van der Waals surface area contributed by atoms with Crippen LogP contribution in [0.4, 0.5) is 17.1 Å². The van der Waals surface area contributed by atoms with Gasteiger partial charge in [-0.25, -0.2) is 4.79 Å². The number of hydrogen-bond acceptors (Lipinski definition) is 4. The number of nitrogens with zero attached hydrogens (tertiary/aromatic N) is 2. The highest BCUT2D eigenvalue weighted by Crippen LogP contribution is 2.38. The first kappa shape index (κ1) is 23.5. The molecule has 0 heterocycles. The van der Waals surface area contributed by atoms with Gasteiger partial charge in [0.25, 0.3) is 0 Å². The molecule has 0 saturated heterocycles. The molecular formula is C27H25N2O4S-. The normalized spacial score (nSPS) is 11.9. The molecule has 0 aromatic heterocycles. The highest BCUT2D eigenvalue weighted by atomic mass is 32.2. The number of aryl methyl sites for hydroxylation is 2. The van der Waals surface area contributed by atoms with E-state index in [1.807, 2.05) is 79.7 Å². The summed E-state index contributed by atoms with van der Waals surface area (Å²) in [6.07, 6.45) is 1.14. The van der Waals surface area contributed by atoms with E-state index in [-0.39, 0.29) is 5.56 Å². The van der Waals surface area contributed by atoms with Gasteiger partial charge >= 0.3 is 5.97 Å². The van der Waals surface area contributed by atoms with Gasteiger partial charge in [0, 0.05) is 30.6 Å². The quantitative estimate of drug-likeness (QED) is 0.350. The number of anilines is 3. The summed E-state index contributed by atoms with van der Waals surface area (Å²) in [4.78, 5) is 13.3. The first-order chi connectivity index (χ1) is 16.4. The number of hydrogen-bond donors (Lipinski definition) is 1. The molecule has 6 nitrogen and oxygen atoms in total. The molecule has 0 saturated carbocycles. The van der Waals surface area contributed by atoms with Crippen LogP contribution in [0.5, 0.6) is 0 Å². The Hall–Kier alpha value is -3.68. The van der Waals surface area contributed by atoms with E-state index in [9.17, 15) is 18.7 Å². The van der Waals surface area contributed by atoms with Gasteiger partial charge in [0.1, 0.15) is 0 Å². The number of rotatable bonds is 8. The Balaban J connectivity index is 1.75. The third-order valence-electron chi connectivity index (χ3n) is 5.79. The highest BCUT2D eigenvalue weighted by Gasteiger charge is 2.18. The van der Waals surface area contributed by atoms with E-state index >= 15 is 0 Å². The Morgan fingerprint density at radius 1 is 0.824 bits per heavy atom. The predicted octanol–water partition coefficient (Wildman–Crippen LogP) is 5.32. The van der Waals surface area contributed by atoms with E-state index < -0.39 is 17.2 Å². The zero-order valence-corrected chi connectivity index (χ0v) is 19.8. The van der Waals surface area contributed by atoms with Gasteiger partial charge in [0.2, 0.25) is 0 Å². The minimum absolute atomic E-state index is 0.237. The first-order valence-corrected chi connectivity index (χ1v) is 11.9. The number of fused-ring (bicyclic) bond motifs is 1. The van der Waals surface area contributed by atoms with Gasteiger partial charge in [-0.05, 0) is 54.3 Å². The zero-order chi connectivity index (χ0) is 24.2. The lowest BCUT2D eigenvalue weighted by molar-refractivity contribution is 0.0696. The zero-order valence-electron chi connectivity index (χ0n) is 19.0. The fraction of sp³-hybridized carbons (Fsp3) is 0.148. The van der Waals surface area contributed by atoms with Crippen molar-refractivity contribution in [2.24, 2.45) is 0 Å². The third-order valence-corrected chi connectivity index (χ3v) is 6.48. The fourth-order valence-electron chi connectivity index (χ4n) is 4.19. The van der Waals surface area contributed by atoms with Gasteiger partial charge in [-0.15, -0.1) is 0 Å². The Bertz CT molecular complexity index is 1370. The van der Waals surface area contributed by atoms with Crippen LogP contribution in [0, 0.1) is 0 Å². The summed E-state index contributed by atoms with van der Waals surface area (Å²) in [5, 5.41) is 11.1. The van der Waals surface area contributed by atoms with Crippen LogP contribution in [-0.2, 0) is 24.1 Å². The molecule has 34 heavy (non-hydrogen) atoms. The Kier molecular flexibility index (Phi) is 6.95. The number of para-hydroxylation sites is 1. The number of carboxylic acids is 1. The molecule has 0 bridgehead atoms. The SMILES string of the molecule is CN(C)c1cccc2c(N(c3ccccc3CCc3cccc(C(=O)O)c3)S(=O)[O-])cccc12. The maximum atomic E-state index is 12.6. The lowest BCUT2D eigenvalue weighted by Crippen LogP contribution is -2.21. The molecule has 0 amide bonds. The smallest absolute Gasteiger partial charge is 0.335 e. The summed E-state index contributed by atoms with van der Waals surface area (Å²) in [6, 6.07) is 25.7. The molecule has 0 spiro atoms. The van der Waals surface area contributed by atoms with Crippen LogP contribution >= 0.6 is 0 Å². The van der Waals surface area contributed by atoms with Gasteiger partial charge in [0.05, 0.1) is 28.2 Å². The molecule has 4 aromatic carbocycles. The second-order valence-corrected chi connectivity index (χ2v) is 8.99. The van der Waals surface area contributed by atoms with Crippen molar-refractivity contribution >= 4 is 45.1 Å². The van der Waals surface area contributed by atoms with Gasteiger partial charge < -0.3 is 14.6 Å². The molecule has 0 fully saturated rings. The Labute approximate surface area is 201 Å². The number of carbonyl (C=O) groups is 1. The van der Waals surface area contributed by atoms with Crippen molar-refractivity contribution in [3.05, 3.63) is 102 Å². The lowest BCUT2D eigenvalue weighted by atomic mass is 10.0. The van der Waals surface area contributed by atoms with Crippen LogP contribution in [0.3, 0.4) is 0 Å². The van der Waals surface area contributed by atoms with Crippen molar-refractivity contribution in [2.75, 3.05) is 23.3 Å².